The number of hydrogen-bond donors (Lipinski definition) is 0. The van der Waals surface area contributed by atoms with Crippen molar-refractivity contribution in [2.24, 2.45) is 5.92 Å². The molecular weight excluding hydrogens is 281 g/mol. The fourth-order valence-corrected chi connectivity index (χ4v) is 3.02. The first-order valence-corrected chi connectivity index (χ1v) is 6.69. The third-order valence-corrected chi connectivity index (χ3v) is 3.39. The average Bonchev–Trinajstić information content (AvgIpc) is 2.45. The van der Waals surface area contributed by atoms with Gasteiger partial charge in [-0.05, 0) is 0 Å². The van der Waals surface area contributed by atoms with Crippen LogP contribution in [0.2, 0.25) is 0 Å². The second kappa shape index (κ2) is 5.78. The first-order chi connectivity index (χ1) is 7.41. The Bertz CT molecular complexity index is 386. The van der Waals surface area contributed by atoms with E-state index in [1.54, 1.807) is 0 Å². The Morgan fingerprint density at radius 3 is 2.44 bits per heavy atom. The molecule has 0 saturated carbocycles. The summed E-state index contributed by atoms with van der Waals surface area (Å²) in [6, 6.07) is 0. The summed E-state index contributed by atoms with van der Waals surface area (Å²) in [5, 5.41) is 0. The molecule has 0 aromatic rings. The van der Waals surface area contributed by atoms with Crippen LogP contribution in [0.15, 0.2) is 44.7 Å². The molecule has 0 radical (unpaired) electrons. The molecule has 0 nitrogen and oxygen atoms in total. The van der Waals surface area contributed by atoms with Crippen LogP contribution in [-0.4, -0.2) is 0 Å². The molecule has 0 aromatic carbocycles. The Morgan fingerprint density at radius 1 is 1.31 bits per heavy atom. The Balaban J connectivity index is 2.96. The zero-order chi connectivity index (χ0) is 12.3. The van der Waals surface area contributed by atoms with Crippen molar-refractivity contribution in [3.63, 3.8) is 0 Å². The molecule has 1 heteroatoms. The van der Waals surface area contributed by atoms with Crippen LogP contribution in [0.1, 0.15) is 41.0 Å². The Labute approximate surface area is 110 Å². The van der Waals surface area contributed by atoms with Gasteiger partial charge in [0.1, 0.15) is 0 Å². The molecule has 0 unspecified atom stereocenters. The van der Waals surface area contributed by atoms with E-state index in [9.17, 15) is 0 Å². The van der Waals surface area contributed by atoms with Crippen molar-refractivity contribution in [1.29, 1.82) is 0 Å². The van der Waals surface area contributed by atoms with Crippen molar-refractivity contribution in [3.8, 4) is 0 Å². The molecule has 0 saturated heterocycles. The molecule has 0 aromatic heterocycles. The van der Waals surface area contributed by atoms with Crippen LogP contribution in [0, 0.1) is 5.92 Å². The summed E-state index contributed by atoms with van der Waals surface area (Å²) < 4.78 is 1.46. The molecule has 16 heavy (non-hydrogen) atoms. The molecule has 0 amide bonds. The monoisotopic (exact) mass is 303 g/mol. The van der Waals surface area contributed by atoms with Gasteiger partial charge in [0.15, 0.2) is 0 Å². The first-order valence-electron chi connectivity index (χ1n) is 5.83. The first kappa shape index (κ1) is 13.6. The zero-order valence-corrected chi connectivity index (χ0v) is 12.6. The molecule has 1 rings (SSSR count). The SMILES string of the molecule is CC(C)=CC(C)=CC1=CC[C]([Ru])=C1C(C)C. The summed E-state index contributed by atoms with van der Waals surface area (Å²) in [5.74, 6) is 0.612. The van der Waals surface area contributed by atoms with E-state index in [4.69, 9.17) is 0 Å². The van der Waals surface area contributed by atoms with Crippen molar-refractivity contribution in [2.75, 3.05) is 0 Å². The molecule has 0 spiro atoms. The van der Waals surface area contributed by atoms with Crippen molar-refractivity contribution >= 4 is 0 Å². The van der Waals surface area contributed by atoms with Gasteiger partial charge in [0, 0.05) is 0 Å². The van der Waals surface area contributed by atoms with Gasteiger partial charge in [0.05, 0.1) is 0 Å². The molecule has 0 N–H and O–H groups in total. The molecule has 0 atom stereocenters. The van der Waals surface area contributed by atoms with Crippen LogP contribution in [0.4, 0.5) is 0 Å². The third kappa shape index (κ3) is 3.56. The van der Waals surface area contributed by atoms with Gasteiger partial charge in [-0.2, -0.15) is 0 Å². The number of rotatable bonds is 3. The second-order valence-corrected chi connectivity index (χ2v) is 5.98. The fourth-order valence-electron chi connectivity index (χ4n) is 2.09. The van der Waals surface area contributed by atoms with Gasteiger partial charge in [-0.25, -0.2) is 0 Å². The van der Waals surface area contributed by atoms with Crippen LogP contribution < -0.4 is 0 Å². The minimum absolute atomic E-state index is 0.612. The van der Waals surface area contributed by atoms with E-state index in [0.717, 1.165) is 6.42 Å². The number of allylic oxidation sites excluding steroid dienone is 8. The van der Waals surface area contributed by atoms with E-state index in [-0.39, 0.29) is 0 Å². The molecule has 0 heterocycles. The summed E-state index contributed by atoms with van der Waals surface area (Å²) in [5.41, 5.74) is 5.62. The van der Waals surface area contributed by atoms with Crippen molar-refractivity contribution in [2.45, 2.75) is 41.0 Å². The summed E-state index contributed by atoms with van der Waals surface area (Å²) in [6.07, 6.45) is 7.98. The van der Waals surface area contributed by atoms with Crippen LogP contribution >= 0.6 is 0 Å². The van der Waals surface area contributed by atoms with E-state index >= 15 is 0 Å². The van der Waals surface area contributed by atoms with E-state index in [2.05, 4.69) is 71.1 Å². The van der Waals surface area contributed by atoms with Crippen LogP contribution in [0.5, 0.6) is 0 Å². The Morgan fingerprint density at radius 2 is 1.94 bits per heavy atom. The predicted octanol–water partition coefficient (Wildman–Crippen LogP) is 4.69. The minimum atomic E-state index is 0.612. The van der Waals surface area contributed by atoms with Gasteiger partial charge >= 0.3 is 110 Å². The zero-order valence-electron chi connectivity index (χ0n) is 10.9. The number of hydrogen-bond acceptors (Lipinski definition) is 0. The fraction of sp³-hybridized carbons (Fsp3) is 0.467. The predicted molar refractivity (Wildman–Crippen MR) is 67.8 cm³/mol. The molecule has 0 fully saturated rings. The van der Waals surface area contributed by atoms with Gasteiger partial charge < -0.3 is 0 Å². The van der Waals surface area contributed by atoms with Crippen LogP contribution in [0.25, 0.3) is 0 Å². The standard InChI is InChI=1S/C15H21.Ru/c1-11(2)9-13(5)10-14-7-6-8-15(14)12(3)4;/h7,9-10,12H,6H2,1-5H3;. The van der Waals surface area contributed by atoms with E-state index < -0.39 is 0 Å². The summed E-state index contributed by atoms with van der Waals surface area (Å²) in [7, 11) is 0. The quantitative estimate of drug-likeness (QED) is 0.524. The summed E-state index contributed by atoms with van der Waals surface area (Å²) in [6.45, 7) is 11.0. The maximum atomic E-state index is 2.78. The normalized spacial score (nSPS) is 16.9. The summed E-state index contributed by atoms with van der Waals surface area (Å²) >= 11 is 2.78. The second-order valence-electron chi connectivity index (χ2n) is 4.93. The van der Waals surface area contributed by atoms with Crippen LogP contribution in [0.3, 0.4) is 0 Å². The van der Waals surface area contributed by atoms with Gasteiger partial charge in [-0.15, -0.1) is 0 Å². The Kier molecular flexibility index (Phi) is 4.93. The summed E-state index contributed by atoms with van der Waals surface area (Å²) in [4.78, 5) is 0. The van der Waals surface area contributed by atoms with Gasteiger partial charge in [0.2, 0.25) is 0 Å². The molecular formula is C15H21Ru. The molecule has 89 valence electrons. The maximum absolute atomic E-state index is 2.78. The van der Waals surface area contributed by atoms with E-state index in [1.807, 2.05) is 0 Å². The van der Waals surface area contributed by atoms with Crippen LogP contribution in [-0.2, 0) is 18.3 Å². The van der Waals surface area contributed by atoms with Gasteiger partial charge in [-0.1, -0.05) is 0 Å². The topological polar surface area (TPSA) is 0 Å². The van der Waals surface area contributed by atoms with Crippen molar-refractivity contribution in [3.05, 3.63) is 44.7 Å². The average molecular weight is 302 g/mol. The molecule has 0 bridgehead atoms. The van der Waals surface area contributed by atoms with E-state index in [0.29, 0.717) is 5.92 Å². The van der Waals surface area contributed by atoms with Gasteiger partial charge in [0.25, 0.3) is 0 Å². The van der Waals surface area contributed by atoms with Crippen molar-refractivity contribution < 1.29 is 18.3 Å². The molecule has 1 aliphatic carbocycles. The third-order valence-electron chi connectivity index (χ3n) is 2.57. The van der Waals surface area contributed by atoms with Crippen molar-refractivity contribution in [1.82, 2.24) is 0 Å². The molecule has 1 aliphatic rings. The Hall–Kier alpha value is -0.417. The van der Waals surface area contributed by atoms with E-state index in [1.165, 1.54) is 26.5 Å². The van der Waals surface area contributed by atoms with Gasteiger partial charge in [-0.3, -0.25) is 0 Å². The molecule has 0 aliphatic heterocycles.